The van der Waals surface area contributed by atoms with Crippen LogP contribution >= 0.6 is 12.4 Å². The van der Waals surface area contributed by atoms with Crippen molar-refractivity contribution in [3.8, 4) is 0 Å². The summed E-state index contributed by atoms with van der Waals surface area (Å²) < 4.78 is 0. The number of hydrogen-bond donors (Lipinski definition) is 2. The maximum Gasteiger partial charge on any atom is 0.128 e. The number of halogens is 1. The van der Waals surface area contributed by atoms with Crippen LogP contribution in [0.2, 0.25) is 0 Å². The first-order valence-electron chi connectivity index (χ1n) is 5.03. The van der Waals surface area contributed by atoms with Crippen molar-refractivity contribution < 1.29 is 0 Å². The Morgan fingerprint density at radius 1 is 1.27 bits per heavy atom. The molecule has 0 aromatic carbocycles. The zero-order chi connectivity index (χ0) is 9.80. The van der Waals surface area contributed by atoms with E-state index in [-0.39, 0.29) is 12.4 Å². The van der Waals surface area contributed by atoms with Crippen molar-refractivity contribution in [2.75, 3.05) is 36.8 Å². The third-order valence-corrected chi connectivity index (χ3v) is 2.43. The number of nitrogens with two attached hydrogens (primary N) is 1. The monoisotopic (exact) mass is 228 g/mol. The third kappa shape index (κ3) is 3.25. The fourth-order valence-corrected chi connectivity index (χ4v) is 1.66. The van der Waals surface area contributed by atoms with Gasteiger partial charge in [-0.3, -0.25) is 0 Å². The van der Waals surface area contributed by atoms with E-state index in [1.807, 2.05) is 12.1 Å². The fraction of sp³-hybridized carbons (Fsp3) is 0.500. The molecule has 84 valence electrons. The molecule has 1 aromatic heterocycles. The average molecular weight is 229 g/mol. The van der Waals surface area contributed by atoms with E-state index in [1.54, 1.807) is 6.20 Å². The second-order valence-corrected chi connectivity index (χ2v) is 3.54. The molecule has 15 heavy (non-hydrogen) atoms. The van der Waals surface area contributed by atoms with Crippen molar-refractivity contribution in [1.82, 2.24) is 10.3 Å². The second-order valence-electron chi connectivity index (χ2n) is 3.54. The summed E-state index contributed by atoms with van der Waals surface area (Å²) in [6, 6.07) is 3.89. The molecule has 1 saturated heterocycles. The van der Waals surface area contributed by atoms with Crippen LogP contribution in [-0.4, -0.2) is 31.2 Å². The van der Waals surface area contributed by atoms with Gasteiger partial charge in [0.1, 0.15) is 5.82 Å². The quantitative estimate of drug-likeness (QED) is 0.750. The summed E-state index contributed by atoms with van der Waals surface area (Å²) >= 11 is 0. The summed E-state index contributed by atoms with van der Waals surface area (Å²) in [7, 11) is 0. The molecule has 0 saturated carbocycles. The van der Waals surface area contributed by atoms with Crippen molar-refractivity contribution in [3.05, 3.63) is 18.3 Å². The summed E-state index contributed by atoms with van der Waals surface area (Å²) in [5.74, 6) is 1.03. The van der Waals surface area contributed by atoms with Gasteiger partial charge in [-0.1, -0.05) is 0 Å². The molecule has 1 aliphatic rings. The number of nitrogens with one attached hydrogen (secondary N) is 1. The first kappa shape index (κ1) is 12.1. The molecule has 1 fully saturated rings. The molecule has 5 heteroatoms. The van der Waals surface area contributed by atoms with Crippen LogP contribution in [0.5, 0.6) is 0 Å². The molecule has 1 aromatic rings. The Labute approximate surface area is 96.3 Å². The highest BCUT2D eigenvalue weighted by atomic mass is 35.5. The molecule has 0 bridgehead atoms. The SMILES string of the molecule is Cl.Nc1ccc(N2CCCNCC2)nc1. The summed E-state index contributed by atoms with van der Waals surface area (Å²) in [4.78, 5) is 6.61. The number of nitrogens with zero attached hydrogens (tertiary/aromatic N) is 2. The Morgan fingerprint density at radius 2 is 2.13 bits per heavy atom. The van der Waals surface area contributed by atoms with Crippen LogP contribution in [0.25, 0.3) is 0 Å². The Kier molecular flexibility index (Phi) is 4.65. The van der Waals surface area contributed by atoms with Gasteiger partial charge in [0.05, 0.1) is 11.9 Å². The lowest BCUT2D eigenvalue weighted by Crippen LogP contribution is -2.28. The lowest BCUT2D eigenvalue weighted by molar-refractivity contribution is 0.724. The van der Waals surface area contributed by atoms with Crippen LogP contribution in [0.3, 0.4) is 0 Å². The van der Waals surface area contributed by atoms with Gasteiger partial charge in [-0.15, -0.1) is 12.4 Å². The van der Waals surface area contributed by atoms with Gasteiger partial charge in [0.15, 0.2) is 0 Å². The maximum absolute atomic E-state index is 5.59. The van der Waals surface area contributed by atoms with Crippen molar-refractivity contribution in [2.45, 2.75) is 6.42 Å². The molecule has 2 rings (SSSR count). The van der Waals surface area contributed by atoms with E-state index in [4.69, 9.17) is 5.73 Å². The molecule has 0 unspecified atom stereocenters. The van der Waals surface area contributed by atoms with Crippen LogP contribution in [0.1, 0.15) is 6.42 Å². The number of anilines is 2. The first-order chi connectivity index (χ1) is 6.86. The van der Waals surface area contributed by atoms with E-state index >= 15 is 0 Å². The van der Waals surface area contributed by atoms with E-state index < -0.39 is 0 Å². The standard InChI is InChI=1S/C10H16N4.ClH/c11-9-2-3-10(13-8-9)14-6-1-4-12-5-7-14;/h2-3,8,12H,1,4-7,11H2;1H. The van der Waals surface area contributed by atoms with Crippen LogP contribution in [0.15, 0.2) is 18.3 Å². The summed E-state index contributed by atoms with van der Waals surface area (Å²) in [6.07, 6.45) is 2.89. The van der Waals surface area contributed by atoms with Crippen LogP contribution in [-0.2, 0) is 0 Å². The highest BCUT2D eigenvalue weighted by Crippen LogP contribution is 2.12. The molecule has 0 aliphatic carbocycles. The molecule has 0 amide bonds. The normalized spacial score (nSPS) is 16.7. The molecular weight excluding hydrogens is 212 g/mol. The molecule has 3 N–H and O–H groups in total. The minimum Gasteiger partial charge on any atom is -0.397 e. The van der Waals surface area contributed by atoms with Gasteiger partial charge in [-0.2, -0.15) is 0 Å². The Hall–Kier alpha value is -1.00. The number of rotatable bonds is 1. The molecule has 0 spiro atoms. The molecule has 2 heterocycles. The van der Waals surface area contributed by atoms with E-state index in [2.05, 4.69) is 15.2 Å². The van der Waals surface area contributed by atoms with E-state index in [0.29, 0.717) is 0 Å². The van der Waals surface area contributed by atoms with E-state index in [1.165, 1.54) is 6.42 Å². The predicted molar refractivity (Wildman–Crippen MR) is 65.6 cm³/mol. The lowest BCUT2D eigenvalue weighted by atomic mass is 10.3. The lowest BCUT2D eigenvalue weighted by Gasteiger charge is -2.20. The number of nitrogen functional groups attached to an aromatic ring is 1. The minimum atomic E-state index is 0. The third-order valence-electron chi connectivity index (χ3n) is 2.43. The van der Waals surface area contributed by atoms with Crippen molar-refractivity contribution in [1.29, 1.82) is 0 Å². The largest absolute Gasteiger partial charge is 0.397 e. The molecule has 0 atom stereocenters. The van der Waals surface area contributed by atoms with Crippen LogP contribution in [0, 0.1) is 0 Å². The first-order valence-corrected chi connectivity index (χ1v) is 5.03. The molecule has 4 nitrogen and oxygen atoms in total. The molecule has 1 aliphatic heterocycles. The zero-order valence-corrected chi connectivity index (χ0v) is 9.46. The summed E-state index contributed by atoms with van der Waals surface area (Å²) in [5, 5.41) is 3.36. The van der Waals surface area contributed by atoms with Gasteiger partial charge in [0.2, 0.25) is 0 Å². The highest BCUT2D eigenvalue weighted by molar-refractivity contribution is 5.85. The van der Waals surface area contributed by atoms with Gasteiger partial charge < -0.3 is 16.0 Å². The summed E-state index contributed by atoms with van der Waals surface area (Å²) in [5.41, 5.74) is 6.32. The number of pyridine rings is 1. The summed E-state index contributed by atoms with van der Waals surface area (Å²) in [6.45, 7) is 4.23. The van der Waals surface area contributed by atoms with Crippen molar-refractivity contribution in [2.24, 2.45) is 0 Å². The Morgan fingerprint density at radius 3 is 2.87 bits per heavy atom. The van der Waals surface area contributed by atoms with Crippen LogP contribution < -0.4 is 16.0 Å². The average Bonchev–Trinajstić information content (AvgIpc) is 2.47. The maximum atomic E-state index is 5.59. The van der Waals surface area contributed by atoms with Gasteiger partial charge in [-0.05, 0) is 25.1 Å². The van der Waals surface area contributed by atoms with Crippen LogP contribution in [0.4, 0.5) is 11.5 Å². The zero-order valence-electron chi connectivity index (χ0n) is 8.65. The molecular formula is C10H17ClN4. The number of hydrogen-bond acceptors (Lipinski definition) is 4. The Balaban J connectivity index is 0.00000112. The second kappa shape index (κ2) is 5.78. The highest BCUT2D eigenvalue weighted by Gasteiger charge is 2.09. The molecule has 0 radical (unpaired) electrons. The van der Waals surface area contributed by atoms with Crippen molar-refractivity contribution in [3.63, 3.8) is 0 Å². The van der Waals surface area contributed by atoms with Gasteiger partial charge in [-0.25, -0.2) is 4.98 Å². The van der Waals surface area contributed by atoms with Gasteiger partial charge >= 0.3 is 0 Å². The number of aromatic nitrogens is 1. The smallest absolute Gasteiger partial charge is 0.128 e. The fourth-order valence-electron chi connectivity index (χ4n) is 1.66. The van der Waals surface area contributed by atoms with Gasteiger partial charge in [0.25, 0.3) is 0 Å². The van der Waals surface area contributed by atoms with Crippen molar-refractivity contribution >= 4 is 23.9 Å². The topological polar surface area (TPSA) is 54.2 Å². The Bertz CT molecular complexity index is 280. The minimum absolute atomic E-state index is 0. The van der Waals surface area contributed by atoms with Gasteiger partial charge in [0, 0.05) is 19.6 Å². The predicted octanol–water partition coefficient (Wildman–Crippen LogP) is 0.885. The van der Waals surface area contributed by atoms with E-state index in [0.717, 1.165) is 37.7 Å². The van der Waals surface area contributed by atoms with E-state index in [9.17, 15) is 0 Å².